The van der Waals surface area contributed by atoms with Crippen molar-refractivity contribution >= 4 is 23.3 Å². The van der Waals surface area contributed by atoms with Gasteiger partial charge < -0.3 is 24.3 Å². The molecule has 42 heavy (non-hydrogen) atoms. The Morgan fingerprint density at radius 1 is 1.26 bits per heavy atom. The molecule has 9 nitrogen and oxygen atoms in total. The molecule has 3 aliphatic heterocycles. The van der Waals surface area contributed by atoms with Gasteiger partial charge in [-0.3, -0.25) is 9.69 Å². The summed E-state index contributed by atoms with van der Waals surface area (Å²) in [6, 6.07) is 6.34. The molecule has 0 radical (unpaired) electrons. The molecule has 2 aromatic rings. The fourth-order valence-corrected chi connectivity index (χ4v) is 7.72. The van der Waals surface area contributed by atoms with E-state index in [2.05, 4.69) is 46.3 Å². The molecule has 1 unspecified atom stereocenters. The molecule has 11 heteroatoms. The Hall–Kier alpha value is -3.26. The van der Waals surface area contributed by atoms with Crippen LogP contribution in [0.15, 0.2) is 30.6 Å². The SMILES string of the molecule is [C-]#[N+]C[C@H]1CN(c2nc(OC[C@@H]3CCCN3C)nc3c2CN(C)C2(CCc4cccc(Cl)c42)C3)CCN1C(=O)C(=C)F. The van der Waals surface area contributed by atoms with E-state index in [1.54, 1.807) is 0 Å². The van der Waals surface area contributed by atoms with Crippen LogP contribution in [0.4, 0.5) is 10.2 Å². The topological polar surface area (TPSA) is 69.4 Å². The number of hydrogen-bond donors (Lipinski definition) is 0. The maximum absolute atomic E-state index is 13.8. The number of halogens is 2. The van der Waals surface area contributed by atoms with E-state index in [1.807, 2.05) is 12.1 Å². The second-order valence-corrected chi connectivity index (χ2v) is 12.4. The molecule has 1 aromatic carbocycles. The summed E-state index contributed by atoms with van der Waals surface area (Å²) in [5, 5.41) is 0.785. The highest BCUT2D eigenvalue weighted by molar-refractivity contribution is 6.31. The fraction of sp³-hybridized carbons (Fsp3) is 0.548. The number of rotatable bonds is 6. The highest BCUT2D eigenvalue weighted by atomic mass is 35.5. The maximum atomic E-state index is 13.8. The van der Waals surface area contributed by atoms with Crippen LogP contribution in [0.3, 0.4) is 0 Å². The van der Waals surface area contributed by atoms with E-state index in [0.29, 0.717) is 44.7 Å². The van der Waals surface area contributed by atoms with Crippen molar-refractivity contribution in [3.63, 3.8) is 0 Å². The van der Waals surface area contributed by atoms with Crippen molar-refractivity contribution < 1.29 is 13.9 Å². The summed E-state index contributed by atoms with van der Waals surface area (Å²) in [4.78, 5) is 34.3. The lowest BCUT2D eigenvalue weighted by molar-refractivity contribution is -0.131. The van der Waals surface area contributed by atoms with Gasteiger partial charge in [0.15, 0.2) is 5.83 Å². The van der Waals surface area contributed by atoms with Crippen LogP contribution in [0, 0.1) is 6.57 Å². The van der Waals surface area contributed by atoms with Crippen LogP contribution < -0.4 is 9.64 Å². The van der Waals surface area contributed by atoms with E-state index in [1.165, 1.54) is 16.0 Å². The zero-order valence-corrected chi connectivity index (χ0v) is 25.0. The molecule has 4 aliphatic rings. The molecule has 0 saturated carbocycles. The number of fused-ring (bicyclic) bond motifs is 3. The number of amides is 1. The van der Waals surface area contributed by atoms with E-state index in [9.17, 15) is 9.18 Å². The molecule has 1 aliphatic carbocycles. The number of benzene rings is 1. The number of carbonyl (C=O) groups is 1. The van der Waals surface area contributed by atoms with Crippen LogP contribution in [0.25, 0.3) is 4.85 Å². The Bertz CT molecular complexity index is 1450. The molecule has 222 valence electrons. The highest BCUT2D eigenvalue weighted by Gasteiger charge is 2.48. The van der Waals surface area contributed by atoms with Crippen molar-refractivity contribution in [3.8, 4) is 6.01 Å². The lowest BCUT2D eigenvalue weighted by Gasteiger charge is -2.46. The van der Waals surface area contributed by atoms with Gasteiger partial charge in [-0.2, -0.15) is 9.97 Å². The number of carbonyl (C=O) groups excluding carboxylic acids is 1. The number of hydrogen-bond acceptors (Lipinski definition) is 7. The van der Waals surface area contributed by atoms with Crippen LogP contribution in [0.5, 0.6) is 6.01 Å². The molecule has 1 spiro atoms. The third-order valence-corrected chi connectivity index (χ3v) is 9.98. The molecule has 1 amide bonds. The lowest BCUT2D eigenvalue weighted by Crippen LogP contribution is -2.57. The van der Waals surface area contributed by atoms with Crippen molar-refractivity contribution in [2.75, 3.05) is 58.3 Å². The minimum atomic E-state index is -1.01. The van der Waals surface area contributed by atoms with Crippen LogP contribution in [-0.4, -0.2) is 96.1 Å². The number of piperazine rings is 1. The van der Waals surface area contributed by atoms with E-state index >= 15 is 0 Å². The summed E-state index contributed by atoms with van der Waals surface area (Å²) in [6.45, 7) is 14.0. The van der Waals surface area contributed by atoms with Gasteiger partial charge in [0.05, 0.1) is 11.2 Å². The third-order valence-electron chi connectivity index (χ3n) is 9.66. The Morgan fingerprint density at radius 3 is 2.83 bits per heavy atom. The first kappa shape index (κ1) is 28.8. The number of nitrogens with zero attached hydrogens (tertiary/aromatic N) is 7. The van der Waals surface area contributed by atoms with Gasteiger partial charge in [-0.1, -0.05) is 30.3 Å². The van der Waals surface area contributed by atoms with Gasteiger partial charge in [0.25, 0.3) is 5.91 Å². The average molecular weight is 594 g/mol. The van der Waals surface area contributed by atoms with E-state index < -0.39 is 17.8 Å². The first-order valence-electron chi connectivity index (χ1n) is 14.7. The van der Waals surface area contributed by atoms with Crippen LogP contribution in [0.2, 0.25) is 5.02 Å². The zero-order chi connectivity index (χ0) is 29.6. The fourth-order valence-electron chi connectivity index (χ4n) is 7.35. The molecular formula is C31H37ClFN7O2. The van der Waals surface area contributed by atoms with Crippen molar-refractivity contribution in [3.05, 3.63) is 69.4 Å². The van der Waals surface area contributed by atoms with Gasteiger partial charge in [0.2, 0.25) is 6.54 Å². The van der Waals surface area contributed by atoms with Gasteiger partial charge in [-0.25, -0.2) is 11.0 Å². The van der Waals surface area contributed by atoms with Crippen molar-refractivity contribution in [1.82, 2.24) is 24.7 Å². The Labute approximate surface area is 251 Å². The molecule has 2 fully saturated rings. The van der Waals surface area contributed by atoms with Crippen LogP contribution in [-0.2, 0) is 29.7 Å². The number of aromatic nitrogens is 2. The molecule has 4 heterocycles. The number of aryl methyl sites for hydroxylation is 1. The van der Waals surface area contributed by atoms with Crippen molar-refractivity contribution in [1.29, 1.82) is 0 Å². The molecule has 0 bridgehead atoms. The summed E-state index contributed by atoms with van der Waals surface area (Å²) in [6.07, 6.45) is 4.80. The second-order valence-electron chi connectivity index (χ2n) is 12.0. The molecular weight excluding hydrogens is 557 g/mol. The Morgan fingerprint density at radius 2 is 2.10 bits per heavy atom. The van der Waals surface area contributed by atoms with Crippen molar-refractivity contribution in [2.45, 2.75) is 56.3 Å². The highest BCUT2D eigenvalue weighted by Crippen LogP contribution is 2.50. The smallest absolute Gasteiger partial charge is 0.318 e. The van der Waals surface area contributed by atoms with E-state index in [0.717, 1.165) is 54.3 Å². The van der Waals surface area contributed by atoms with Gasteiger partial charge in [-0.15, -0.1) is 0 Å². The van der Waals surface area contributed by atoms with E-state index in [-0.39, 0.29) is 18.6 Å². The number of likely N-dealkylation sites (tertiary alicyclic amines) is 1. The van der Waals surface area contributed by atoms with Crippen LogP contribution >= 0.6 is 11.6 Å². The standard InChI is InChI=1S/C31H37ClFN7O2/c1-20(33)29(41)40-14-13-39(17-23(40)16-34-2)28-24-18-38(4)31(11-10-21-7-5-9-25(32)27(21)31)15-26(24)35-30(36-28)42-19-22-8-6-12-37(22)3/h5,7,9,22-23H,1,6,8,10-19H2,3-4H3/t22-,23-,31?/m0/s1. The first-order chi connectivity index (χ1) is 20.2. The molecule has 6 rings (SSSR count). The summed E-state index contributed by atoms with van der Waals surface area (Å²) in [5.74, 6) is -1.00. The summed E-state index contributed by atoms with van der Waals surface area (Å²) in [7, 11) is 4.25. The minimum Gasteiger partial charge on any atom is -0.462 e. The largest absolute Gasteiger partial charge is 0.462 e. The summed E-state index contributed by atoms with van der Waals surface area (Å²) in [5.41, 5.74) is 4.16. The number of likely N-dealkylation sites (N-methyl/N-ethyl adjacent to an activating group) is 2. The van der Waals surface area contributed by atoms with Gasteiger partial charge in [-0.05, 0) is 63.5 Å². The second kappa shape index (κ2) is 11.4. The normalized spacial score (nSPS) is 25.8. The molecule has 2 saturated heterocycles. The Balaban J connectivity index is 1.37. The number of anilines is 1. The van der Waals surface area contributed by atoms with Gasteiger partial charge in [0, 0.05) is 49.2 Å². The average Bonchev–Trinajstić information content (AvgIpc) is 3.56. The zero-order valence-electron chi connectivity index (χ0n) is 24.3. The van der Waals surface area contributed by atoms with E-state index in [4.69, 9.17) is 32.9 Å². The van der Waals surface area contributed by atoms with Crippen LogP contribution in [0.1, 0.15) is 41.6 Å². The minimum absolute atomic E-state index is 0.0679. The van der Waals surface area contributed by atoms with Crippen molar-refractivity contribution in [2.24, 2.45) is 0 Å². The monoisotopic (exact) mass is 593 g/mol. The quantitative estimate of drug-likeness (QED) is 0.372. The number of ether oxygens (including phenoxy) is 1. The lowest BCUT2D eigenvalue weighted by atomic mass is 9.81. The first-order valence-corrected chi connectivity index (χ1v) is 15.0. The predicted octanol–water partition coefficient (Wildman–Crippen LogP) is 3.85. The molecule has 1 aromatic heterocycles. The summed E-state index contributed by atoms with van der Waals surface area (Å²) >= 11 is 6.83. The predicted molar refractivity (Wildman–Crippen MR) is 159 cm³/mol. The Kier molecular flexibility index (Phi) is 7.85. The van der Waals surface area contributed by atoms with Gasteiger partial charge >= 0.3 is 6.01 Å². The molecule has 3 atom stereocenters. The molecule has 0 N–H and O–H groups in total. The third kappa shape index (κ3) is 5.01. The maximum Gasteiger partial charge on any atom is 0.318 e. The summed E-state index contributed by atoms with van der Waals surface area (Å²) < 4.78 is 20.1. The van der Waals surface area contributed by atoms with Gasteiger partial charge in [0.1, 0.15) is 18.5 Å².